The Morgan fingerprint density at radius 2 is 1.38 bits per heavy atom. The van der Waals surface area contributed by atoms with E-state index < -0.39 is 12.2 Å². The average Bonchev–Trinajstić information content (AvgIpc) is 2.28. The van der Waals surface area contributed by atoms with Crippen molar-refractivity contribution in [1.29, 1.82) is 0 Å². The van der Waals surface area contributed by atoms with Gasteiger partial charge in [0.15, 0.2) is 0 Å². The summed E-state index contributed by atoms with van der Waals surface area (Å²) >= 11 is 0. The maximum absolute atomic E-state index is 9.81. The molecule has 0 fully saturated rings. The van der Waals surface area contributed by atoms with Gasteiger partial charge in [0.1, 0.15) is 0 Å². The highest BCUT2D eigenvalue weighted by Gasteiger charge is 2.22. The van der Waals surface area contributed by atoms with Crippen LogP contribution in [-0.4, -0.2) is 28.5 Å². The van der Waals surface area contributed by atoms with Crippen LogP contribution in [0.5, 0.6) is 0 Å². The Labute approximate surface area is 100 Å². The Bertz CT molecular complexity index is 137. The summed E-state index contributed by atoms with van der Waals surface area (Å²) in [5.41, 5.74) is 5.85. The minimum atomic E-state index is -0.756. The maximum atomic E-state index is 9.81. The van der Waals surface area contributed by atoms with Gasteiger partial charge in [-0.25, -0.2) is 0 Å². The van der Waals surface area contributed by atoms with Crippen molar-refractivity contribution in [3.63, 3.8) is 0 Å². The van der Waals surface area contributed by atoms with Gasteiger partial charge in [-0.2, -0.15) is 0 Å². The van der Waals surface area contributed by atoms with E-state index in [1.54, 1.807) is 0 Å². The molecule has 0 radical (unpaired) electrons. The summed E-state index contributed by atoms with van der Waals surface area (Å²) in [5, 5.41) is 19.6. The Balaban J connectivity index is 3.68. The normalized spacial score (nSPS) is 17.1. The van der Waals surface area contributed by atoms with E-state index in [9.17, 15) is 10.2 Å². The van der Waals surface area contributed by atoms with Gasteiger partial charge >= 0.3 is 0 Å². The van der Waals surface area contributed by atoms with E-state index in [-0.39, 0.29) is 6.04 Å². The molecule has 0 rings (SSSR count). The van der Waals surface area contributed by atoms with Crippen molar-refractivity contribution < 1.29 is 10.2 Å². The predicted molar refractivity (Wildman–Crippen MR) is 68.3 cm³/mol. The van der Waals surface area contributed by atoms with Crippen LogP contribution >= 0.6 is 0 Å². The van der Waals surface area contributed by atoms with E-state index in [0.717, 1.165) is 44.9 Å². The molecule has 0 heterocycles. The van der Waals surface area contributed by atoms with Crippen molar-refractivity contribution in [3.8, 4) is 0 Å². The molecule has 16 heavy (non-hydrogen) atoms. The molecular formula is C13H29NO2. The predicted octanol–water partition coefficient (Wildman–Crippen LogP) is 2.20. The molecule has 3 nitrogen and oxygen atoms in total. The highest BCUT2D eigenvalue weighted by atomic mass is 16.3. The molecule has 0 saturated heterocycles. The lowest BCUT2D eigenvalue weighted by Crippen LogP contribution is -2.42. The molecule has 0 aromatic rings. The Morgan fingerprint density at radius 3 is 1.88 bits per heavy atom. The molecular weight excluding hydrogens is 202 g/mol. The van der Waals surface area contributed by atoms with Gasteiger partial charge in [-0.1, -0.05) is 52.4 Å². The third-order valence-corrected chi connectivity index (χ3v) is 3.08. The van der Waals surface area contributed by atoms with Gasteiger partial charge in [-0.3, -0.25) is 0 Å². The lowest BCUT2D eigenvalue weighted by Gasteiger charge is -2.23. The number of rotatable bonds is 10. The van der Waals surface area contributed by atoms with Gasteiger partial charge in [-0.15, -0.1) is 0 Å². The SMILES string of the molecule is CCCCCC(N)C(O)C(O)CCCCC. The van der Waals surface area contributed by atoms with E-state index in [0.29, 0.717) is 6.42 Å². The number of hydrogen-bond acceptors (Lipinski definition) is 3. The zero-order chi connectivity index (χ0) is 12.4. The van der Waals surface area contributed by atoms with E-state index in [1.807, 2.05) is 0 Å². The highest BCUT2D eigenvalue weighted by molar-refractivity contribution is 4.78. The third-order valence-electron chi connectivity index (χ3n) is 3.08. The second-order valence-electron chi connectivity index (χ2n) is 4.71. The monoisotopic (exact) mass is 231 g/mol. The summed E-state index contributed by atoms with van der Waals surface area (Å²) < 4.78 is 0. The quantitative estimate of drug-likeness (QED) is 0.505. The van der Waals surface area contributed by atoms with Crippen LogP contribution in [0, 0.1) is 0 Å². The number of unbranched alkanes of at least 4 members (excludes halogenated alkanes) is 4. The zero-order valence-electron chi connectivity index (χ0n) is 10.9. The van der Waals surface area contributed by atoms with Crippen molar-refractivity contribution in [3.05, 3.63) is 0 Å². The van der Waals surface area contributed by atoms with E-state index in [2.05, 4.69) is 13.8 Å². The standard InChI is InChI=1S/C13H29NO2/c1-3-5-7-9-11(14)13(16)12(15)10-8-6-4-2/h11-13,15-16H,3-10,14H2,1-2H3. The molecule has 3 heteroatoms. The highest BCUT2D eigenvalue weighted by Crippen LogP contribution is 2.12. The minimum Gasteiger partial charge on any atom is -0.390 e. The fraction of sp³-hybridized carbons (Fsp3) is 1.00. The molecule has 4 N–H and O–H groups in total. The van der Waals surface area contributed by atoms with Crippen LogP contribution in [0.25, 0.3) is 0 Å². The summed E-state index contributed by atoms with van der Waals surface area (Å²) in [6, 6.07) is -0.275. The van der Waals surface area contributed by atoms with Crippen molar-refractivity contribution in [1.82, 2.24) is 0 Å². The van der Waals surface area contributed by atoms with Crippen LogP contribution in [0.15, 0.2) is 0 Å². The molecule has 98 valence electrons. The summed E-state index contributed by atoms with van der Waals surface area (Å²) in [6.07, 6.45) is 6.61. The zero-order valence-corrected chi connectivity index (χ0v) is 10.9. The van der Waals surface area contributed by atoms with Crippen molar-refractivity contribution in [2.75, 3.05) is 0 Å². The minimum absolute atomic E-state index is 0.275. The summed E-state index contributed by atoms with van der Waals surface area (Å²) in [7, 11) is 0. The Hall–Kier alpha value is -0.120. The molecule has 0 aliphatic carbocycles. The van der Waals surface area contributed by atoms with E-state index >= 15 is 0 Å². The van der Waals surface area contributed by atoms with E-state index in [1.165, 1.54) is 0 Å². The number of hydrogen-bond donors (Lipinski definition) is 3. The summed E-state index contributed by atoms with van der Waals surface area (Å²) in [5.74, 6) is 0. The number of aliphatic hydroxyl groups excluding tert-OH is 2. The molecule has 0 amide bonds. The van der Waals surface area contributed by atoms with Crippen LogP contribution in [0.2, 0.25) is 0 Å². The van der Waals surface area contributed by atoms with Gasteiger partial charge in [0.25, 0.3) is 0 Å². The Morgan fingerprint density at radius 1 is 0.875 bits per heavy atom. The third kappa shape index (κ3) is 7.20. The maximum Gasteiger partial charge on any atom is 0.0949 e. The fourth-order valence-electron chi connectivity index (χ4n) is 1.86. The van der Waals surface area contributed by atoms with Crippen molar-refractivity contribution >= 4 is 0 Å². The molecule has 0 aromatic heterocycles. The molecule has 0 saturated carbocycles. The van der Waals surface area contributed by atoms with Crippen LogP contribution < -0.4 is 5.73 Å². The Kier molecular flexibility index (Phi) is 9.99. The van der Waals surface area contributed by atoms with Crippen LogP contribution in [0.3, 0.4) is 0 Å². The van der Waals surface area contributed by atoms with Gasteiger partial charge in [0, 0.05) is 6.04 Å². The smallest absolute Gasteiger partial charge is 0.0949 e. The molecule has 3 atom stereocenters. The van der Waals surface area contributed by atoms with Crippen molar-refractivity contribution in [2.45, 2.75) is 83.5 Å². The summed E-state index contributed by atoms with van der Waals surface area (Å²) in [4.78, 5) is 0. The van der Waals surface area contributed by atoms with Gasteiger partial charge in [0.05, 0.1) is 12.2 Å². The first-order valence-corrected chi connectivity index (χ1v) is 6.75. The molecule has 0 aliphatic heterocycles. The first kappa shape index (κ1) is 15.9. The van der Waals surface area contributed by atoms with Crippen LogP contribution in [0.4, 0.5) is 0 Å². The van der Waals surface area contributed by atoms with Crippen LogP contribution in [-0.2, 0) is 0 Å². The van der Waals surface area contributed by atoms with Gasteiger partial charge < -0.3 is 15.9 Å². The second kappa shape index (κ2) is 10.1. The van der Waals surface area contributed by atoms with Crippen LogP contribution in [0.1, 0.15) is 65.2 Å². The van der Waals surface area contributed by atoms with Crippen molar-refractivity contribution in [2.24, 2.45) is 5.73 Å². The topological polar surface area (TPSA) is 66.5 Å². The summed E-state index contributed by atoms with van der Waals surface area (Å²) in [6.45, 7) is 4.26. The molecule has 0 bridgehead atoms. The first-order chi connectivity index (χ1) is 7.63. The lowest BCUT2D eigenvalue weighted by atomic mass is 9.97. The lowest BCUT2D eigenvalue weighted by molar-refractivity contribution is -0.00342. The fourth-order valence-corrected chi connectivity index (χ4v) is 1.86. The molecule has 3 unspecified atom stereocenters. The number of aliphatic hydroxyl groups is 2. The second-order valence-corrected chi connectivity index (χ2v) is 4.71. The van der Waals surface area contributed by atoms with Gasteiger partial charge in [-0.05, 0) is 12.8 Å². The first-order valence-electron chi connectivity index (χ1n) is 6.75. The molecule has 0 aliphatic rings. The average molecular weight is 231 g/mol. The molecule has 0 aromatic carbocycles. The number of nitrogens with two attached hydrogens (primary N) is 1. The largest absolute Gasteiger partial charge is 0.390 e. The van der Waals surface area contributed by atoms with E-state index in [4.69, 9.17) is 5.73 Å². The van der Waals surface area contributed by atoms with Gasteiger partial charge in [0.2, 0.25) is 0 Å². The molecule has 0 spiro atoms.